The van der Waals surface area contributed by atoms with E-state index in [1.165, 1.54) is 75.8 Å². The maximum absolute atomic E-state index is 6.34. The Kier molecular flexibility index (Phi) is 17.6. The molecule has 1 aliphatic heterocycles. The summed E-state index contributed by atoms with van der Waals surface area (Å²) < 4.78 is 14.6. The first kappa shape index (κ1) is 64.5. The third-order valence-electron chi connectivity index (χ3n) is 19.1. The average Bonchev–Trinajstić information content (AvgIpc) is 1.43. The fourth-order valence-corrected chi connectivity index (χ4v) is 14.8. The third-order valence-corrected chi connectivity index (χ3v) is 20.0. The van der Waals surface area contributed by atoms with Crippen molar-refractivity contribution in [2.75, 3.05) is 0 Å². The van der Waals surface area contributed by atoms with Crippen LogP contribution in [-0.4, -0.2) is 48.2 Å². The standard InChI is InChI=1S/C49H31N3.C21H13Br2N3.C20H21BO2/c1-3-15-32(16-4-1)47-50-48(33-17-5-2-6-18-33)52-49(51-47)40-30-38(45-41-23-11-7-19-34(41)27-35-20-8-12-24-42(35)45)29-39(31-40)46-43-25-13-9-21-36(43)28-37-22-10-14-26-44(37)46;22-17-11-16(12-18(23)13-17)21-25-19(14-7-3-1-4-8-14)24-20(26-21)15-9-5-2-6-10-15;1-19(2)20(3,4)23-21(22-19)18-16-11-7-5-9-14(16)13-15-10-6-8-12-17(15)18/h1-31H;1-13H;5-13H,1-4H3. The molecule has 1 fully saturated rings. The fourth-order valence-electron chi connectivity index (χ4n) is 13.5. The molecule has 101 heavy (non-hydrogen) atoms. The van der Waals surface area contributed by atoms with Crippen LogP contribution in [-0.2, 0) is 9.31 Å². The smallest absolute Gasteiger partial charge is 0.399 e. The molecule has 8 nitrogen and oxygen atoms in total. The molecule has 0 bridgehead atoms. The first-order valence-corrected chi connectivity index (χ1v) is 35.4. The van der Waals surface area contributed by atoms with Gasteiger partial charge in [0.25, 0.3) is 0 Å². The Balaban J connectivity index is 0.000000134. The molecule has 0 aliphatic carbocycles. The van der Waals surface area contributed by atoms with Gasteiger partial charge in [-0.25, -0.2) is 29.9 Å². The van der Waals surface area contributed by atoms with E-state index in [0.29, 0.717) is 34.9 Å². The monoisotopic (exact) mass is 1430 g/mol. The summed E-state index contributed by atoms with van der Waals surface area (Å²) >= 11 is 7.07. The lowest BCUT2D eigenvalue weighted by Gasteiger charge is -2.32. The number of nitrogens with zero attached hydrogens (tertiary/aromatic N) is 6. The normalized spacial score (nSPS) is 13.1. The van der Waals surface area contributed by atoms with Crippen LogP contribution >= 0.6 is 31.9 Å². The molecule has 11 heteroatoms. The first-order chi connectivity index (χ1) is 49.3. The fraction of sp³-hybridized carbons (Fsp3) is 0.0667. The molecule has 0 atom stereocenters. The van der Waals surface area contributed by atoms with Gasteiger partial charge in [-0.15, -0.1) is 0 Å². The molecule has 3 heterocycles. The molecule has 17 aromatic rings. The van der Waals surface area contributed by atoms with E-state index in [1.807, 2.05) is 115 Å². The van der Waals surface area contributed by atoms with Gasteiger partial charge in [0, 0.05) is 42.3 Å². The van der Waals surface area contributed by atoms with Gasteiger partial charge in [0.15, 0.2) is 34.9 Å². The summed E-state index contributed by atoms with van der Waals surface area (Å²) in [6.45, 7) is 8.39. The van der Waals surface area contributed by atoms with E-state index in [9.17, 15) is 0 Å². The summed E-state index contributed by atoms with van der Waals surface area (Å²) in [5.74, 6) is 3.87. The van der Waals surface area contributed by atoms with Crippen LogP contribution in [0.25, 0.3) is 155 Å². The lowest BCUT2D eigenvalue weighted by Crippen LogP contribution is -2.41. The molecule has 18 rings (SSSR count). The van der Waals surface area contributed by atoms with Crippen LogP contribution in [0.5, 0.6) is 0 Å². The minimum Gasteiger partial charge on any atom is -0.399 e. The second-order valence-electron chi connectivity index (χ2n) is 26.2. The highest BCUT2D eigenvalue weighted by Gasteiger charge is 2.52. The van der Waals surface area contributed by atoms with Crippen molar-refractivity contribution in [3.63, 3.8) is 0 Å². The van der Waals surface area contributed by atoms with Crippen LogP contribution in [0.4, 0.5) is 0 Å². The van der Waals surface area contributed by atoms with Crippen LogP contribution in [0, 0.1) is 0 Å². The Morgan fingerprint density at radius 1 is 0.238 bits per heavy atom. The predicted octanol–water partition coefficient (Wildman–Crippen LogP) is 23.5. The molecule has 15 aromatic carbocycles. The quantitative estimate of drug-likeness (QED) is 0.104. The zero-order valence-electron chi connectivity index (χ0n) is 55.9. The first-order valence-electron chi connectivity index (χ1n) is 33.8. The van der Waals surface area contributed by atoms with Gasteiger partial charge in [-0.1, -0.05) is 299 Å². The van der Waals surface area contributed by atoms with Gasteiger partial charge in [-0.2, -0.15) is 0 Å². The average molecular weight is 1430 g/mol. The van der Waals surface area contributed by atoms with Crippen molar-refractivity contribution < 1.29 is 9.31 Å². The summed E-state index contributed by atoms with van der Waals surface area (Å²) in [7, 11) is -0.351. The van der Waals surface area contributed by atoms with E-state index < -0.39 is 0 Å². The van der Waals surface area contributed by atoms with Gasteiger partial charge >= 0.3 is 7.12 Å². The van der Waals surface area contributed by atoms with Crippen molar-refractivity contribution in [3.8, 4) is 90.6 Å². The molecule has 1 saturated heterocycles. The number of rotatable bonds is 9. The Hall–Kier alpha value is -11.2. The number of aromatic nitrogens is 6. The lowest BCUT2D eigenvalue weighted by molar-refractivity contribution is 0.00578. The molecule has 0 saturated carbocycles. The molecule has 2 aromatic heterocycles. The number of halogens is 2. The van der Waals surface area contributed by atoms with Gasteiger partial charge in [0.1, 0.15) is 0 Å². The maximum atomic E-state index is 6.34. The second kappa shape index (κ2) is 27.5. The third kappa shape index (κ3) is 13.1. The lowest BCUT2D eigenvalue weighted by atomic mass is 9.73. The number of benzene rings is 15. The summed E-state index contributed by atoms with van der Waals surface area (Å²) in [5.41, 5.74) is 10.7. The molecule has 1 aliphatic rings. The Morgan fingerprint density at radius 3 is 0.762 bits per heavy atom. The van der Waals surface area contributed by atoms with Crippen molar-refractivity contribution in [2.24, 2.45) is 0 Å². The summed E-state index contributed by atoms with van der Waals surface area (Å²) in [6, 6.07) is 112. The molecule has 0 spiro atoms. The minimum absolute atomic E-state index is 0.338. The second-order valence-corrected chi connectivity index (χ2v) is 28.1. The zero-order valence-corrected chi connectivity index (χ0v) is 59.1. The van der Waals surface area contributed by atoms with E-state index >= 15 is 0 Å². The number of hydrogen-bond donors (Lipinski definition) is 0. The number of fused-ring (bicyclic) bond motifs is 6. The van der Waals surface area contributed by atoms with Gasteiger partial charge in [0.05, 0.1) is 11.2 Å². The van der Waals surface area contributed by atoms with Gasteiger partial charge < -0.3 is 9.31 Å². The molecule has 0 amide bonds. The van der Waals surface area contributed by atoms with Gasteiger partial charge in [0.2, 0.25) is 0 Å². The minimum atomic E-state index is -0.351. The summed E-state index contributed by atoms with van der Waals surface area (Å²) in [4.78, 5) is 29.5. The zero-order chi connectivity index (χ0) is 68.6. The van der Waals surface area contributed by atoms with Gasteiger partial charge in [-0.3, -0.25) is 0 Å². The van der Waals surface area contributed by atoms with Crippen LogP contribution in [0.3, 0.4) is 0 Å². The highest BCUT2D eigenvalue weighted by atomic mass is 79.9. The van der Waals surface area contributed by atoms with E-state index in [0.717, 1.165) is 58.9 Å². The van der Waals surface area contributed by atoms with E-state index in [2.05, 4.69) is 266 Å². The molecule has 0 radical (unpaired) electrons. The highest BCUT2D eigenvalue weighted by Crippen LogP contribution is 2.45. The van der Waals surface area contributed by atoms with Gasteiger partial charge in [-0.05, 0) is 175 Å². The van der Waals surface area contributed by atoms with E-state index in [-0.39, 0.29) is 18.3 Å². The maximum Gasteiger partial charge on any atom is 0.496 e. The molecule has 484 valence electrons. The van der Waals surface area contributed by atoms with Crippen LogP contribution in [0.1, 0.15) is 27.7 Å². The van der Waals surface area contributed by atoms with Crippen LogP contribution < -0.4 is 5.46 Å². The summed E-state index contributed by atoms with van der Waals surface area (Å²) in [6.07, 6.45) is 0. The highest BCUT2D eigenvalue weighted by molar-refractivity contribution is 9.11. The number of hydrogen-bond acceptors (Lipinski definition) is 8. The van der Waals surface area contributed by atoms with Crippen molar-refractivity contribution in [1.29, 1.82) is 0 Å². The molecule has 0 N–H and O–H groups in total. The molecule has 0 unspecified atom stereocenters. The van der Waals surface area contributed by atoms with Crippen molar-refractivity contribution >= 4 is 109 Å². The topological polar surface area (TPSA) is 95.8 Å². The molecular weight excluding hydrogens is 1370 g/mol. The molecular formula is C90H65BBr2N6O2. The van der Waals surface area contributed by atoms with Crippen molar-refractivity contribution in [1.82, 2.24) is 29.9 Å². The Labute approximate surface area is 603 Å². The van der Waals surface area contributed by atoms with Crippen LogP contribution in [0.2, 0.25) is 0 Å². The predicted molar refractivity (Wildman–Crippen MR) is 426 cm³/mol. The Morgan fingerprint density at radius 2 is 0.465 bits per heavy atom. The van der Waals surface area contributed by atoms with Crippen molar-refractivity contribution in [3.05, 3.63) is 330 Å². The Bertz CT molecular complexity index is 5510. The van der Waals surface area contributed by atoms with E-state index in [1.54, 1.807) is 0 Å². The van der Waals surface area contributed by atoms with Crippen LogP contribution in [0.15, 0.2) is 330 Å². The largest absolute Gasteiger partial charge is 0.496 e. The van der Waals surface area contributed by atoms with E-state index in [4.69, 9.17) is 39.2 Å². The van der Waals surface area contributed by atoms with Crippen molar-refractivity contribution in [2.45, 2.75) is 38.9 Å². The SMILES string of the molecule is Brc1cc(Br)cc(-c2nc(-c3ccccc3)nc(-c3ccccc3)n2)c1.CC1(C)OB(c2c3ccccc3cc3ccccc23)OC1(C)C.c1ccc(-c2nc(-c3ccccc3)nc(-c3cc(-c4c5ccccc5cc5ccccc45)cc(-c4c5ccccc5cc5ccccc45)c3)n2)cc1. The summed E-state index contributed by atoms with van der Waals surface area (Å²) in [5, 5.41) is 14.5.